The Kier molecular flexibility index (Phi) is 6.55. The van der Waals surface area contributed by atoms with Crippen LogP contribution in [0.1, 0.15) is 49.9 Å². The van der Waals surface area contributed by atoms with Crippen molar-refractivity contribution in [2.45, 2.75) is 39.7 Å². The zero-order valence-electron chi connectivity index (χ0n) is 13.6. The minimum absolute atomic E-state index is 0.152. The molecule has 5 nitrogen and oxygen atoms in total. The minimum atomic E-state index is -0.253. The number of aromatic nitrogens is 2. The van der Waals surface area contributed by atoms with E-state index >= 15 is 0 Å². The van der Waals surface area contributed by atoms with E-state index < -0.39 is 0 Å². The third-order valence-electron chi connectivity index (χ3n) is 3.40. The van der Waals surface area contributed by atoms with Crippen LogP contribution in [0.5, 0.6) is 0 Å². The smallest absolute Gasteiger partial charge is 0.271 e. The van der Waals surface area contributed by atoms with Gasteiger partial charge in [-0.2, -0.15) is 0 Å². The van der Waals surface area contributed by atoms with Crippen molar-refractivity contribution < 1.29 is 4.79 Å². The van der Waals surface area contributed by atoms with Crippen molar-refractivity contribution in [3.63, 3.8) is 0 Å². The van der Waals surface area contributed by atoms with E-state index in [0.717, 1.165) is 0 Å². The Morgan fingerprint density at radius 2 is 1.95 bits per heavy atom. The quantitative estimate of drug-likeness (QED) is 0.877. The van der Waals surface area contributed by atoms with Crippen LogP contribution in [0.25, 0.3) is 0 Å². The molecule has 0 aliphatic carbocycles. The Labute approximate surface area is 132 Å². The number of hydrogen-bond donors (Lipinski definition) is 1. The van der Waals surface area contributed by atoms with Crippen molar-refractivity contribution in [2.75, 3.05) is 20.6 Å². The monoisotopic (exact) mass is 312 g/mol. The number of hydrogen-bond acceptors (Lipinski definition) is 4. The molecule has 1 unspecified atom stereocenters. The van der Waals surface area contributed by atoms with Crippen LogP contribution in [0.2, 0.25) is 5.02 Å². The summed E-state index contributed by atoms with van der Waals surface area (Å²) in [7, 11) is 4.01. The lowest BCUT2D eigenvalue weighted by atomic mass is 10.0. The SMILES string of the molecule is CC(C)c1ncc(Cl)c(C(=O)NCC(C(C)C)N(C)C)n1. The van der Waals surface area contributed by atoms with Crippen LogP contribution in [0, 0.1) is 5.92 Å². The van der Waals surface area contributed by atoms with E-state index in [1.807, 2.05) is 27.9 Å². The van der Waals surface area contributed by atoms with Crippen molar-refractivity contribution in [1.29, 1.82) is 0 Å². The molecule has 1 amide bonds. The molecule has 0 bridgehead atoms. The zero-order chi connectivity index (χ0) is 16.2. The van der Waals surface area contributed by atoms with Gasteiger partial charge in [-0.25, -0.2) is 9.97 Å². The summed E-state index contributed by atoms with van der Waals surface area (Å²) in [5.74, 6) is 0.959. The summed E-state index contributed by atoms with van der Waals surface area (Å²) in [5, 5.41) is 3.19. The normalized spacial score (nSPS) is 13.0. The summed E-state index contributed by atoms with van der Waals surface area (Å²) < 4.78 is 0. The first-order valence-corrected chi connectivity index (χ1v) is 7.58. The molecule has 1 rings (SSSR count). The number of carbonyl (C=O) groups is 1. The number of carbonyl (C=O) groups excluding carboxylic acids is 1. The second kappa shape index (κ2) is 7.71. The molecule has 1 heterocycles. The van der Waals surface area contributed by atoms with Gasteiger partial charge in [0.2, 0.25) is 0 Å². The van der Waals surface area contributed by atoms with Gasteiger partial charge in [0.05, 0.1) is 11.2 Å². The van der Waals surface area contributed by atoms with E-state index in [1.165, 1.54) is 6.20 Å². The van der Waals surface area contributed by atoms with Crippen molar-refractivity contribution in [2.24, 2.45) is 5.92 Å². The van der Waals surface area contributed by atoms with Gasteiger partial charge in [0.25, 0.3) is 5.91 Å². The predicted molar refractivity (Wildman–Crippen MR) is 85.8 cm³/mol. The second-order valence-corrected chi connectivity index (χ2v) is 6.47. The van der Waals surface area contributed by atoms with Crippen molar-refractivity contribution in [1.82, 2.24) is 20.2 Å². The van der Waals surface area contributed by atoms with Gasteiger partial charge in [-0.05, 0) is 20.0 Å². The standard InChI is InChI=1S/C15H25ClN4O/c1-9(2)12(20(5)6)8-18-15(21)13-11(16)7-17-14(19-13)10(3)4/h7,9-10,12H,8H2,1-6H3,(H,18,21). The van der Waals surface area contributed by atoms with Gasteiger partial charge in [-0.15, -0.1) is 0 Å². The minimum Gasteiger partial charge on any atom is -0.349 e. The van der Waals surface area contributed by atoms with Crippen LogP contribution in [0.15, 0.2) is 6.20 Å². The van der Waals surface area contributed by atoms with Gasteiger partial charge >= 0.3 is 0 Å². The molecule has 6 heteroatoms. The number of amides is 1. The molecular weight excluding hydrogens is 288 g/mol. The molecular formula is C15H25ClN4O. The summed E-state index contributed by atoms with van der Waals surface area (Å²) in [6.07, 6.45) is 1.49. The fraction of sp³-hybridized carbons (Fsp3) is 0.667. The van der Waals surface area contributed by atoms with Crippen LogP contribution >= 0.6 is 11.6 Å². The fourth-order valence-electron chi connectivity index (χ4n) is 2.11. The highest BCUT2D eigenvalue weighted by molar-refractivity contribution is 6.33. The number of nitrogens with zero attached hydrogens (tertiary/aromatic N) is 3. The lowest BCUT2D eigenvalue weighted by molar-refractivity contribution is 0.0929. The zero-order valence-corrected chi connectivity index (χ0v) is 14.4. The molecule has 0 spiro atoms. The maximum absolute atomic E-state index is 12.3. The number of likely N-dealkylation sites (N-methyl/N-ethyl adjacent to an activating group) is 1. The molecule has 1 aromatic heterocycles. The highest BCUT2D eigenvalue weighted by Crippen LogP contribution is 2.16. The van der Waals surface area contributed by atoms with Crippen molar-refractivity contribution in [3.8, 4) is 0 Å². The summed E-state index contributed by atoms with van der Waals surface area (Å²) in [6, 6.07) is 0.263. The Hall–Kier alpha value is -1.20. The lowest BCUT2D eigenvalue weighted by Gasteiger charge is -2.28. The molecule has 0 saturated heterocycles. The average Bonchev–Trinajstić information content (AvgIpc) is 2.37. The maximum atomic E-state index is 12.3. The Morgan fingerprint density at radius 3 is 2.43 bits per heavy atom. The Morgan fingerprint density at radius 1 is 1.33 bits per heavy atom. The highest BCUT2D eigenvalue weighted by Gasteiger charge is 2.19. The first-order valence-electron chi connectivity index (χ1n) is 7.21. The number of halogens is 1. The third-order valence-corrected chi connectivity index (χ3v) is 3.68. The first kappa shape index (κ1) is 17.9. The van der Waals surface area contributed by atoms with Gasteiger partial charge < -0.3 is 10.2 Å². The molecule has 0 aliphatic heterocycles. The van der Waals surface area contributed by atoms with Crippen molar-refractivity contribution in [3.05, 3.63) is 22.7 Å². The van der Waals surface area contributed by atoms with Gasteiger partial charge in [-0.1, -0.05) is 39.3 Å². The van der Waals surface area contributed by atoms with Crippen LogP contribution in [0.4, 0.5) is 0 Å². The molecule has 1 aromatic rings. The molecule has 1 N–H and O–H groups in total. The van der Waals surface area contributed by atoms with Crippen LogP contribution in [-0.4, -0.2) is 47.5 Å². The average molecular weight is 313 g/mol. The molecule has 0 aliphatic rings. The molecule has 0 fully saturated rings. The van der Waals surface area contributed by atoms with E-state index in [9.17, 15) is 4.79 Å². The van der Waals surface area contributed by atoms with E-state index in [0.29, 0.717) is 18.3 Å². The summed E-state index contributed by atoms with van der Waals surface area (Å²) >= 11 is 6.04. The van der Waals surface area contributed by atoms with E-state index in [4.69, 9.17) is 11.6 Å². The van der Waals surface area contributed by atoms with Gasteiger partial charge in [0.1, 0.15) is 11.5 Å². The maximum Gasteiger partial charge on any atom is 0.271 e. The van der Waals surface area contributed by atoms with Gasteiger partial charge in [0.15, 0.2) is 0 Å². The predicted octanol–water partition coefficient (Wildman–Crippen LogP) is 2.57. The van der Waals surface area contributed by atoms with E-state index in [2.05, 4.69) is 34.0 Å². The molecule has 0 saturated carbocycles. The van der Waals surface area contributed by atoms with Crippen LogP contribution < -0.4 is 5.32 Å². The van der Waals surface area contributed by atoms with E-state index in [1.54, 1.807) is 0 Å². The Bertz CT molecular complexity index is 481. The first-order chi connectivity index (χ1) is 9.73. The summed E-state index contributed by atoms with van der Waals surface area (Å²) in [5.41, 5.74) is 0.247. The third kappa shape index (κ3) is 4.93. The van der Waals surface area contributed by atoms with Crippen LogP contribution in [-0.2, 0) is 0 Å². The molecule has 1 atom stereocenters. The summed E-state index contributed by atoms with van der Waals surface area (Å²) in [4.78, 5) is 22.8. The van der Waals surface area contributed by atoms with Crippen molar-refractivity contribution >= 4 is 17.5 Å². The van der Waals surface area contributed by atoms with E-state index in [-0.39, 0.29) is 28.6 Å². The molecule has 0 radical (unpaired) electrons. The molecule has 21 heavy (non-hydrogen) atoms. The number of nitrogens with one attached hydrogen (secondary N) is 1. The van der Waals surface area contributed by atoms with Gasteiger partial charge in [0, 0.05) is 18.5 Å². The Balaban J connectivity index is 2.82. The number of rotatable bonds is 6. The topological polar surface area (TPSA) is 58.1 Å². The summed E-state index contributed by atoms with van der Waals surface area (Å²) in [6.45, 7) is 8.77. The fourth-order valence-corrected chi connectivity index (χ4v) is 2.29. The van der Waals surface area contributed by atoms with Gasteiger partial charge in [-0.3, -0.25) is 4.79 Å². The van der Waals surface area contributed by atoms with Crippen LogP contribution in [0.3, 0.4) is 0 Å². The largest absolute Gasteiger partial charge is 0.349 e. The highest BCUT2D eigenvalue weighted by atomic mass is 35.5. The molecule has 0 aromatic carbocycles. The lowest BCUT2D eigenvalue weighted by Crippen LogP contribution is -2.43. The second-order valence-electron chi connectivity index (χ2n) is 6.06. The molecule has 118 valence electrons.